The summed E-state index contributed by atoms with van der Waals surface area (Å²) in [5.74, 6) is 1.29. The molecule has 0 bridgehead atoms. The van der Waals surface area contributed by atoms with E-state index in [-0.39, 0.29) is 23.1 Å². The average Bonchev–Trinajstić information content (AvgIpc) is 3.28. The molecule has 146 valence electrons. The van der Waals surface area contributed by atoms with E-state index in [4.69, 9.17) is 9.47 Å². The van der Waals surface area contributed by atoms with Crippen molar-refractivity contribution in [2.45, 2.75) is 32.2 Å². The molecule has 0 N–H and O–H groups in total. The first-order chi connectivity index (χ1) is 13.1. The van der Waals surface area contributed by atoms with Gasteiger partial charge in [0.05, 0.1) is 12.5 Å². The molecule has 4 rings (SSSR count). The van der Waals surface area contributed by atoms with Gasteiger partial charge in [0.15, 0.2) is 0 Å². The average molecular weight is 372 g/mol. The Hall–Kier alpha value is -2.08. The lowest BCUT2D eigenvalue weighted by atomic mass is 9.85. The van der Waals surface area contributed by atoms with Crippen LogP contribution in [0.2, 0.25) is 0 Å². The van der Waals surface area contributed by atoms with Gasteiger partial charge < -0.3 is 19.3 Å². The van der Waals surface area contributed by atoms with Crippen LogP contribution in [-0.2, 0) is 20.9 Å². The highest BCUT2D eigenvalue weighted by Gasteiger charge is 2.51. The SMILES string of the molecule is COc1cccc(CN2CC[C@]3(CCN(C(=O)C4CCOCC4)C3)C2=O)c1. The summed E-state index contributed by atoms with van der Waals surface area (Å²) in [6.45, 7) is 3.98. The Kier molecular flexibility index (Phi) is 5.08. The molecule has 0 aliphatic carbocycles. The van der Waals surface area contributed by atoms with Crippen molar-refractivity contribution in [3.8, 4) is 5.75 Å². The van der Waals surface area contributed by atoms with Crippen molar-refractivity contribution >= 4 is 11.8 Å². The van der Waals surface area contributed by atoms with Crippen molar-refractivity contribution < 1.29 is 19.1 Å². The van der Waals surface area contributed by atoms with E-state index in [1.807, 2.05) is 34.1 Å². The zero-order chi connectivity index (χ0) is 18.9. The number of likely N-dealkylation sites (tertiary alicyclic amines) is 2. The first-order valence-corrected chi connectivity index (χ1v) is 9.90. The van der Waals surface area contributed by atoms with Crippen molar-refractivity contribution in [1.82, 2.24) is 9.80 Å². The third-order valence-electron chi connectivity index (χ3n) is 6.34. The second-order valence-electron chi connectivity index (χ2n) is 8.01. The van der Waals surface area contributed by atoms with Gasteiger partial charge in [0.25, 0.3) is 0 Å². The number of hydrogen-bond acceptors (Lipinski definition) is 4. The van der Waals surface area contributed by atoms with Crippen LogP contribution in [0.3, 0.4) is 0 Å². The highest BCUT2D eigenvalue weighted by molar-refractivity contribution is 5.87. The predicted octanol–water partition coefficient (Wildman–Crippen LogP) is 2.07. The molecular formula is C21H28N2O4. The van der Waals surface area contributed by atoms with Gasteiger partial charge in [-0.2, -0.15) is 0 Å². The fourth-order valence-electron chi connectivity index (χ4n) is 4.68. The molecule has 3 saturated heterocycles. The van der Waals surface area contributed by atoms with E-state index in [2.05, 4.69) is 0 Å². The Bertz CT molecular complexity index is 716. The van der Waals surface area contributed by atoms with Crippen LogP contribution >= 0.6 is 0 Å². The molecule has 27 heavy (non-hydrogen) atoms. The minimum Gasteiger partial charge on any atom is -0.497 e. The fourth-order valence-corrected chi connectivity index (χ4v) is 4.68. The summed E-state index contributed by atoms with van der Waals surface area (Å²) in [5.41, 5.74) is 0.701. The summed E-state index contributed by atoms with van der Waals surface area (Å²) >= 11 is 0. The number of rotatable bonds is 4. The molecule has 3 aliphatic rings. The van der Waals surface area contributed by atoms with E-state index in [0.717, 1.165) is 43.5 Å². The highest BCUT2D eigenvalue weighted by atomic mass is 16.5. The number of hydrogen-bond donors (Lipinski definition) is 0. The van der Waals surface area contributed by atoms with Crippen molar-refractivity contribution in [1.29, 1.82) is 0 Å². The first-order valence-electron chi connectivity index (χ1n) is 9.90. The van der Waals surface area contributed by atoms with Crippen molar-refractivity contribution in [2.75, 3.05) is 40.0 Å². The first kappa shape index (κ1) is 18.3. The summed E-state index contributed by atoms with van der Waals surface area (Å²) < 4.78 is 10.7. The van der Waals surface area contributed by atoms with E-state index in [1.54, 1.807) is 7.11 Å². The van der Waals surface area contributed by atoms with Gasteiger partial charge >= 0.3 is 0 Å². The Morgan fingerprint density at radius 2 is 2.04 bits per heavy atom. The molecule has 1 atom stereocenters. The Morgan fingerprint density at radius 3 is 2.81 bits per heavy atom. The molecule has 6 nitrogen and oxygen atoms in total. The molecule has 6 heteroatoms. The van der Waals surface area contributed by atoms with Gasteiger partial charge in [0.1, 0.15) is 5.75 Å². The number of carbonyl (C=O) groups is 2. The Balaban J connectivity index is 1.40. The normalized spacial score (nSPS) is 26.2. The largest absolute Gasteiger partial charge is 0.497 e. The van der Waals surface area contributed by atoms with E-state index in [9.17, 15) is 9.59 Å². The number of carbonyl (C=O) groups excluding carboxylic acids is 2. The van der Waals surface area contributed by atoms with Crippen LogP contribution in [0.25, 0.3) is 0 Å². The van der Waals surface area contributed by atoms with Gasteiger partial charge in [-0.1, -0.05) is 12.1 Å². The number of methoxy groups -OCH3 is 1. The number of benzene rings is 1. The molecular weight excluding hydrogens is 344 g/mol. The zero-order valence-corrected chi connectivity index (χ0v) is 16.0. The zero-order valence-electron chi connectivity index (χ0n) is 16.0. The lowest BCUT2D eigenvalue weighted by molar-refractivity contribution is -0.139. The second-order valence-corrected chi connectivity index (χ2v) is 8.01. The molecule has 0 aromatic heterocycles. The maximum Gasteiger partial charge on any atom is 0.231 e. The van der Waals surface area contributed by atoms with Crippen LogP contribution in [0.15, 0.2) is 24.3 Å². The summed E-state index contributed by atoms with van der Waals surface area (Å²) in [6, 6.07) is 7.87. The van der Waals surface area contributed by atoms with Crippen molar-refractivity contribution in [2.24, 2.45) is 11.3 Å². The minimum atomic E-state index is -0.375. The molecule has 0 unspecified atom stereocenters. The van der Waals surface area contributed by atoms with Crippen LogP contribution in [0.5, 0.6) is 5.75 Å². The van der Waals surface area contributed by atoms with Crippen LogP contribution in [0, 0.1) is 11.3 Å². The van der Waals surface area contributed by atoms with Gasteiger partial charge in [0.2, 0.25) is 11.8 Å². The summed E-state index contributed by atoms with van der Waals surface area (Å²) in [4.78, 5) is 29.9. The molecule has 1 aromatic carbocycles. The second kappa shape index (κ2) is 7.50. The van der Waals surface area contributed by atoms with Crippen LogP contribution in [-0.4, -0.2) is 61.6 Å². The maximum atomic E-state index is 13.2. The maximum absolute atomic E-state index is 13.2. The number of nitrogens with zero attached hydrogens (tertiary/aromatic N) is 2. The lowest BCUT2D eigenvalue weighted by Gasteiger charge is -2.28. The Morgan fingerprint density at radius 1 is 1.26 bits per heavy atom. The smallest absolute Gasteiger partial charge is 0.231 e. The monoisotopic (exact) mass is 372 g/mol. The molecule has 2 amide bonds. The van der Waals surface area contributed by atoms with Crippen LogP contribution in [0.1, 0.15) is 31.2 Å². The van der Waals surface area contributed by atoms with Gasteiger partial charge in [-0.05, 0) is 43.4 Å². The minimum absolute atomic E-state index is 0.0679. The molecule has 1 spiro atoms. The van der Waals surface area contributed by atoms with Crippen molar-refractivity contribution in [3.05, 3.63) is 29.8 Å². The quantitative estimate of drug-likeness (QED) is 0.812. The molecule has 1 aromatic rings. The van der Waals surface area contributed by atoms with Crippen molar-refractivity contribution in [3.63, 3.8) is 0 Å². The highest BCUT2D eigenvalue weighted by Crippen LogP contribution is 2.42. The van der Waals surface area contributed by atoms with Gasteiger partial charge in [-0.15, -0.1) is 0 Å². The topological polar surface area (TPSA) is 59.1 Å². The van der Waals surface area contributed by atoms with Crippen LogP contribution < -0.4 is 4.74 Å². The lowest BCUT2D eigenvalue weighted by Crippen LogP contribution is -2.41. The van der Waals surface area contributed by atoms with Gasteiger partial charge in [0, 0.05) is 45.3 Å². The number of ether oxygens (including phenoxy) is 2. The van der Waals surface area contributed by atoms with E-state index >= 15 is 0 Å². The molecule has 0 radical (unpaired) electrons. The molecule has 0 saturated carbocycles. The Labute approximate surface area is 160 Å². The van der Waals surface area contributed by atoms with E-state index in [0.29, 0.717) is 32.8 Å². The van der Waals surface area contributed by atoms with E-state index < -0.39 is 0 Å². The fraction of sp³-hybridized carbons (Fsp3) is 0.619. The van der Waals surface area contributed by atoms with E-state index in [1.165, 1.54) is 0 Å². The molecule has 3 fully saturated rings. The third-order valence-corrected chi connectivity index (χ3v) is 6.34. The summed E-state index contributed by atoms with van der Waals surface area (Å²) in [5, 5.41) is 0. The summed E-state index contributed by atoms with van der Waals surface area (Å²) in [6.07, 6.45) is 3.24. The summed E-state index contributed by atoms with van der Waals surface area (Å²) in [7, 11) is 1.65. The third kappa shape index (κ3) is 3.55. The standard InChI is InChI=1S/C21H28N2O4/c1-26-18-4-2-3-16(13-18)14-22-9-7-21(20(22)25)8-10-23(15-21)19(24)17-5-11-27-12-6-17/h2-4,13,17H,5-12,14-15H2,1H3/t21-/m1/s1. The molecule has 3 heterocycles. The van der Waals surface area contributed by atoms with Gasteiger partial charge in [-0.3, -0.25) is 9.59 Å². The number of amides is 2. The molecule has 3 aliphatic heterocycles. The predicted molar refractivity (Wildman–Crippen MR) is 100 cm³/mol. The van der Waals surface area contributed by atoms with Crippen LogP contribution in [0.4, 0.5) is 0 Å². The van der Waals surface area contributed by atoms with Gasteiger partial charge in [-0.25, -0.2) is 0 Å².